The molecule has 142 valence electrons. The van der Waals surface area contributed by atoms with Gasteiger partial charge in [-0.05, 0) is 30.4 Å². The molecule has 2 saturated heterocycles. The van der Waals surface area contributed by atoms with Gasteiger partial charge in [0.2, 0.25) is 5.91 Å². The van der Waals surface area contributed by atoms with Gasteiger partial charge in [0, 0.05) is 39.3 Å². The molecule has 0 radical (unpaired) electrons. The zero-order valence-corrected chi connectivity index (χ0v) is 15.7. The summed E-state index contributed by atoms with van der Waals surface area (Å²) in [5, 5.41) is 3.36. The maximum absolute atomic E-state index is 12.8. The van der Waals surface area contributed by atoms with Gasteiger partial charge in [-0.25, -0.2) is 0 Å². The molecule has 1 N–H and O–H groups in total. The van der Waals surface area contributed by atoms with Crippen molar-refractivity contribution in [3.05, 3.63) is 35.4 Å². The van der Waals surface area contributed by atoms with E-state index in [-0.39, 0.29) is 36.4 Å². The van der Waals surface area contributed by atoms with Crippen LogP contribution < -0.4 is 5.32 Å². The Morgan fingerprint density at radius 1 is 1.00 bits per heavy atom. The van der Waals surface area contributed by atoms with Gasteiger partial charge >= 0.3 is 0 Å². The lowest BCUT2D eigenvalue weighted by molar-refractivity contribution is -0.146. The van der Waals surface area contributed by atoms with Gasteiger partial charge in [0.15, 0.2) is 0 Å². The van der Waals surface area contributed by atoms with Crippen molar-refractivity contribution in [1.82, 2.24) is 15.1 Å². The molecular weight excluding hydrogens is 354 g/mol. The van der Waals surface area contributed by atoms with Gasteiger partial charge in [0.05, 0.1) is 6.04 Å². The summed E-state index contributed by atoms with van der Waals surface area (Å²) in [6.45, 7) is 3.85. The largest absolute Gasteiger partial charge is 0.368 e. The Morgan fingerprint density at radius 3 is 2.31 bits per heavy atom. The predicted molar refractivity (Wildman–Crippen MR) is 100 cm³/mol. The van der Waals surface area contributed by atoms with Gasteiger partial charge in [-0.1, -0.05) is 24.3 Å². The Kier molecular flexibility index (Phi) is 6.16. The number of rotatable bonds is 2. The van der Waals surface area contributed by atoms with Crippen LogP contribution in [0.5, 0.6) is 0 Å². The number of hydrogen-bond donors (Lipinski definition) is 1. The van der Waals surface area contributed by atoms with Crippen molar-refractivity contribution < 1.29 is 14.3 Å². The smallest absolute Gasteiger partial charge is 0.251 e. The lowest BCUT2D eigenvalue weighted by Gasteiger charge is -2.38. The van der Waals surface area contributed by atoms with Crippen molar-refractivity contribution in [3.63, 3.8) is 0 Å². The van der Waals surface area contributed by atoms with Gasteiger partial charge in [-0.15, -0.1) is 12.4 Å². The van der Waals surface area contributed by atoms with E-state index in [4.69, 9.17) is 4.74 Å². The lowest BCUT2D eigenvalue weighted by atomic mass is 9.95. The average Bonchev–Trinajstić information content (AvgIpc) is 3.21. The fraction of sp³-hybridized carbons (Fsp3) is 0.579. The predicted octanol–water partition coefficient (Wildman–Crippen LogP) is 0.972. The number of nitrogens with one attached hydrogen (secondary N) is 1. The number of ether oxygens (including phenoxy) is 1. The standard InChI is InChI=1S/C19H25N3O3.ClH/c23-18(16-12-14-4-1-2-5-15(14)13-20-16)21-7-9-22(10-8-21)19(24)17-6-3-11-25-17;/h1-2,4-5,16-17,20H,3,6-13H2;1H. The summed E-state index contributed by atoms with van der Waals surface area (Å²) in [7, 11) is 0. The number of hydrogen-bond acceptors (Lipinski definition) is 4. The molecular formula is C19H26ClN3O3. The van der Waals surface area contributed by atoms with Crippen LogP contribution in [0.2, 0.25) is 0 Å². The van der Waals surface area contributed by atoms with Crippen LogP contribution in [0.15, 0.2) is 24.3 Å². The number of carbonyl (C=O) groups is 2. The third kappa shape index (κ3) is 3.87. The summed E-state index contributed by atoms with van der Waals surface area (Å²) in [4.78, 5) is 29.0. The van der Waals surface area contributed by atoms with Gasteiger partial charge < -0.3 is 19.9 Å². The van der Waals surface area contributed by atoms with Crippen molar-refractivity contribution in [2.24, 2.45) is 0 Å². The minimum atomic E-state index is -0.265. The molecule has 0 bridgehead atoms. The highest BCUT2D eigenvalue weighted by molar-refractivity contribution is 5.85. The highest BCUT2D eigenvalue weighted by atomic mass is 35.5. The van der Waals surface area contributed by atoms with Crippen LogP contribution in [0.3, 0.4) is 0 Å². The topological polar surface area (TPSA) is 61.9 Å². The summed E-state index contributed by atoms with van der Waals surface area (Å²) < 4.78 is 5.49. The van der Waals surface area contributed by atoms with E-state index in [9.17, 15) is 9.59 Å². The van der Waals surface area contributed by atoms with Crippen LogP contribution in [0.1, 0.15) is 24.0 Å². The molecule has 1 aromatic rings. The number of benzene rings is 1. The Labute approximate surface area is 160 Å². The van der Waals surface area contributed by atoms with E-state index < -0.39 is 0 Å². The molecule has 0 spiro atoms. The molecule has 4 rings (SSSR count). The summed E-state index contributed by atoms with van der Waals surface area (Å²) in [6.07, 6.45) is 2.26. The SMILES string of the molecule is Cl.O=C(C1Cc2ccccc2CN1)N1CCN(C(=O)C2CCCO2)CC1. The molecule has 0 aliphatic carbocycles. The molecule has 0 aromatic heterocycles. The summed E-state index contributed by atoms with van der Waals surface area (Å²) in [5.74, 6) is 0.244. The monoisotopic (exact) mass is 379 g/mol. The first-order chi connectivity index (χ1) is 12.2. The second-order valence-electron chi connectivity index (χ2n) is 7.06. The Hall–Kier alpha value is -1.63. The minimum Gasteiger partial charge on any atom is -0.368 e. The quantitative estimate of drug-likeness (QED) is 0.831. The number of piperazine rings is 1. The number of nitrogens with zero attached hydrogens (tertiary/aromatic N) is 2. The summed E-state index contributed by atoms with van der Waals surface area (Å²) >= 11 is 0. The van der Waals surface area contributed by atoms with E-state index in [1.54, 1.807) is 0 Å². The van der Waals surface area contributed by atoms with E-state index in [1.807, 2.05) is 21.9 Å². The molecule has 3 aliphatic rings. The van der Waals surface area contributed by atoms with E-state index in [0.717, 1.165) is 25.8 Å². The molecule has 3 heterocycles. The third-order valence-corrected chi connectivity index (χ3v) is 5.49. The fourth-order valence-electron chi connectivity index (χ4n) is 3.97. The van der Waals surface area contributed by atoms with Crippen LogP contribution in [-0.2, 0) is 27.3 Å². The van der Waals surface area contributed by atoms with Gasteiger partial charge in [0.25, 0.3) is 5.91 Å². The molecule has 0 saturated carbocycles. The Bertz CT molecular complexity index is 655. The molecule has 7 heteroatoms. The number of fused-ring (bicyclic) bond motifs is 1. The second kappa shape index (κ2) is 8.37. The maximum atomic E-state index is 12.8. The second-order valence-corrected chi connectivity index (χ2v) is 7.06. The van der Waals surface area contributed by atoms with Gasteiger partial charge in [-0.2, -0.15) is 0 Å². The first kappa shape index (κ1) is 19.1. The van der Waals surface area contributed by atoms with Crippen LogP contribution in [-0.4, -0.2) is 66.5 Å². The number of halogens is 1. The van der Waals surface area contributed by atoms with E-state index in [0.29, 0.717) is 32.8 Å². The van der Waals surface area contributed by atoms with Crippen molar-refractivity contribution in [3.8, 4) is 0 Å². The summed E-state index contributed by atoms with van der Waals surface area (Å²) in [6, 6.07) is 8.12. The Balaban J connectivity index is 0.00000196. The number of amides is 2. The highest BCUT2D eigenvalue weighted by Gasteiger charge is 2.33. The van der Waals surface area contributed by atoms with E-state index in [1.165, 1.54) is 11.1 Å². The normalized spacial score (nSPS) is 25.4. The maximum Gasteiger partial charge on any atom is 0.251 e. The molecule has 2 unspecified atom stereocenters. The molecule has 6 nitrogen and oxygen atoms in total. The molecule has 2 amide bonds. The first-order valence-electron chi connectivity index (χ1n) is 9.22. The zero-order chi connectivity index (χ0) is 17.2. The van der Waals surface area contributed by atoms with Crippen LogP contribution in [0, 0.1) is 0 Å². The van der Waals surface area contributed by atoms with Gasteiger partial charge in [-0.3, -0.25) is 9.59 Å². The van der Waals surface area contributed by atoms with Crippen molar-refractivity contribution in [2.45, 2.75) is 38.0 Å². The van der Waals surface area contributed by atoms with E-state index in [2.05, 4.69) is 17.4 Å². The van der Waals surface area contributed by atoms with Crippen molar-refractivity contribution in [1.29, 1.82) is 0 Å². The molecule has 2 atom stereocenters. The number of carbonyl (C=O) groups excluding carboxylic acids is 2. The van der Waals surface area contributed by atoms with Gasteiger partial charge in [0.1, 0.15) is 6.10 Å². The third-order valence-electron chi connectivity index (χ3n) is 5.49. The van der Waals surface area contributed by atoms with Crippen molar-refractivity contribution >= 4 is 24.2 Å². The molecule has 26 heavy (non-hydrogen) atoms. The molecule has 3 aliphatic heterocycles. The Morgan fingerprint density at radius 2 is 1.65 bits per heavy atom. The van der Waals surface area contributed by atoms with Crippen LogP contribution in [0.4, 0.5) is 0 Å². The molecule has 2 fully saturated rings. The first-order valence-corrected chi connectivity index (χ1v) is 9.22. The van der Waals surface area contributed by atoms with E-state index >= 15 is 0 Å². The highest BCUT2D eigenvalue weighted by Crippen LogP contribution is 2.19. The lowest BCUT2D eigenvalue weighted by Crippen LogP contribution is -2.57. The fourth-order valence-corrected chi connectivity index (χ4v) is 3.97. The average molecular weight is 380 g/mol. The van der Waals surface area contributed by atoms with Crippen LogP contribution in [0.25, 0.3) is 0 Å². The molecule has 1 aromatic carbocycles. The zero-order valence-electron chi connectivity index (χ0n) is 14.9. The summed E-state index contributed by atoms with van der Waals surface area (Å²) in [5.41, 5.74) is 2.53. The van der Waals surface area contributed by atoms with Crippen molar-refractivity contribution in [2.75, 3.05) is 32.8 Å². The van der Waals surface area contributed by atoms with Crippen LogP contribution >= 0.6 is 12.4 Å². The minimum absolute atomic E-state index is 0.